The number of hydrogen-bond acceptors (Lipinski definition) is 4. The van der Waals surface area contributed by atoms with Crippen molar-refractivity contribution in [1.29, 1.82) is 0 Å². The Hall–Kier alpha value is -0.513. The van der Waals surface area contributed by atoms with Crippen molar-refractivity contribution in [1.82, 2.24) is 4.57 Å². The summed E-state index contributed by atoms with van der Waals surface area (Å²) >= 11 is 1.17. The molecule has 0 aliphatic carbocycles. The molecule has 0 saturated heterocycles. The molecule has 2 rings (SSSR count). The van der Waals surface area contributed by atoms with Crippen LogP contribution in [-0.4, -0.2) is 32.5 Å². The van der Waals surface area contributed by atoms with Crippen molar-refractivity contribution < 1.29 is 58.8 Å². The maximum absolute atomic E-state index is 11.6. The van der Waals surface area contributed by atoms with Crippen LogP contribution in [0, 0.1) is 0 Å². The predicted molar refractivity (Wildman–Crippen MR) is 55.1 cm³/mol. The summed E-state index contributed by atoms with van der Waals surface area (Å²) in [6.07, 6.45) is 0. The summed E-state index contributed by atoms with van der Waals surface area (Å²) in [6, 6.07) is 1.35. The van der Waals surface area contributed by atoms with Gasteiger partial charge in [-0.3, -0.25) is 9.36 Å². The van der Waals surface area contributed by atoms with E-state index in [1.165, 1.54) is 17.8 Å². The van der Waals surface area contributed by atoms with E-state index in [0.29, 0.717) is 5.03 Å². The Labute approximate surface area is 131 Å². The molecule has 1 aromatic rings. The summed E-state index contributed by atoms with van der Waals surface area (Å²) in [5.74, 6) is -2.04. The molecule has 1 aliphatic heterocycles. The van der Waals surface area contributed by atoms with E-state index >= 15 is 0 Å². The molecule has 2 heterocycles. The topological polar surface area (TPSA) is 96.6 Å². The average Bonchev–Trinajstić information content (AvgIpc) is 2.61. The molecule has 0 fully saturated rings. The molecule has 6 nitrogen and oxygen atoms in total. The average molecular weight is 447 g/mol. The number of rotatable bonds is 2. The van der Waals surface area contributed by atoms with Gasteiger partial charge in [-0.2, -0.15) is 0 Å². The van der Waals surface area contributed by atoms with Crippen LogP contribution in [0.25, 0.3) is 0 Å². The SMILES string of the molecule is O=C(O)c1cc2n(c(=O)c1)C(C(=O)O)CS2.[Rh].[Rh]. The molecule has 0 bridgehead atoms. The number of hydrogen-bond donors (Lipinski definition) is 2. The van der Waals surface area contributed by atoms with Crippen molar-refractivity contribution in [3.05, 3.63) is 28.0 Å². The smallest absolute Gasteiger partial charge is 0.335 e. The van der Waals surface area contributed by atoms with Gasteiger partial charge in [0.15, 0.2) is 0 Å². The van der Waals surface area contributed by atoms with Crippen LogP contribution in [0.15, 0.2) is 22.0 Å². The third-order valence-electron chi connectivity index (χ3n) is 2.27. The third-order valence-corrected chi connectivity index (χ3v) is 3.36. The van der Waals surface area contributed by atoms with Gasteiger partial charge in [0.2, 0.25) is 0 Å². The molecule has 18 heavy (non-hydrogen) atoms. The second-order valence-corrected chi connectivity index (χ2v) is 4.30. The number of nitrogens with zero attached hydrogens (tertiary/aromatic N) is 1. The molecule has 102 valence electrons. The number of carboxylic acids is 2. The van der Waals surface area contributed by atoms with Gasteiger partial charge in [0, 0.05) is 50.8 Å². The van der Waals surface area contributed by atoms with Crippen LogP contribution < -0.4 is 5.56 Å². The first kappa shape index (κ1) is 17.5. The Morgan fingerprint density at radius 3 is 2.39 bits per heavy atom. The molecule has 9 heteroatoms. The molecule has 2 radical (unpaired) electrons. The Kier molecular flexibility index (Phi) is 6.41. The fourth-order valence-electron chi connectivity index (χ4n) is 1.52. The molecule has 1 aliphatic rings. The van der Waals surface area contributed by atoms with Gasteiger partial charge in [-0.15, -0.1) is 11.8 Å². The first-order valence-corrected chi connectivity index (χ1v) is 5.35. The summed E-state index contributed by atoms with van der Waals surface area (Å²) < 4.78 is 1.11. The summed E-state index contributed by atoms with van der Waals surface area (Å²) in [7, 11) is 0. The Morgan fingerprint density at radius 1 is 1.28 bits per heavy atom. The summed E-state index contributed by atoms with van der Waals surface area (Å²) in [4.78, 5) is 33.1. The molecular formula is C9H7NO5Rh2S. The summed E-state index contributed by atoms with van der Waals surface area (Å²) in [5, 5.41) is 18.0. The largest absolute Gasteiger partial charge is 0.480 e. The van der Waals surface area contributed by atoms with E-state index in [-0.39, 0.29) is 50.3 Å². The number of pyridine rings is 1. The maximum Gasteiger partial charge on any atom is 0.335 e. The van der Waals surface area contributed by atoms with Crippen LogP contribution in [0.3, 0.4) is 0 Å². The van der Waals surface area contributed by atoms with Crippen LogP contribution in [0.2, 0.25) is 0 Å². The first-order chi connectivity index (χ1) is 7.50. The second kappa shape index (κ2) is 6.59. The number of aromatic nitrogens is 1. The third kappa shape index (κ3) is 3.08. The number of aromatic carboxylic acids is 1. The van der Waals surface area contributed by atoms with Gasteiger partial charge >= 0.3 is 11.9 Å². The van der Waals surface area contributed by atoms with Crippen molar-refractivity contribution in [3.63, 3.8) is 0 Å². The van der Waals surface area contributed by atoms with Crippen molar-refractivity contribution in [2.75, 3.05) is 5.75 Å². The minimum absolute atomic E-state index is 0. The van der Waals surface area contributed by atoms with Crippen LogP contribution >= 0.6 is 11.8 Å². The van der Waals surface area contributed by atoms with Gasteiger partial charge < -0.3 is 10.2 Å². The predicted octanol–water partition coefficient (Wildman–Crippen LogP) is 0.273. The standard InChI is InChI=1S/C9H7NO5S.2Rh/c11-6-1-4(8(12)13)2-7-10(6)5(3-16-7)9(14)15;;/h1-2,5H,3H2,(H,12,13)(H,14,15);;. The number of carbonyl (C=O) groups is 2. The molecule has 0 aromatic carbocycles. The first-order valence-electron chi connectivity index (χ1n) is 4.36. The molecule has 0 spiro atoms. The van der Waals surface area contributed by atoms with Crippen LogP contribution in [0.5, 0.6) is 0 Å². The zero-order chi connectivity index (χ0) is 11.9. The van der Waals surface area contributed by atoms with Gasteiger partial charge in [-0.05, 0) is 6.07 Å². The van der Waals surface area contributed by atoms with E-state index in [4.69, 9.17) is 10.2 Å². The second-order valence-electron chi connectivity index (χ2n) is 3.26. The zero-order valence-corrected chi connectivity index (χ0v) is 12.7. The molecular weight excluding hydrogens is 440 g/mol. The summed E-state index contributed by atoms with van der Waals surface area (Å²) in [5.41, 5.74) is -0.706. The van der Waals surface area contributed by atoms with Crippen molar-refractivity contribution in [2.24, 2.45) is 0 Å². The van der Waals surface area contributed by atoms with Gasteiger partial charge in [0.25, 0.3) is 5.56 Å². The Balaban J connectivity index is 0.00000144. The van der Waals surface area contributed by atoms with E-state index < -0.39 is 23.5 Å². The number of aliphatic carboxylic acids is 1. The van der Waals surface area contributed by atoms with Gasteiger partial charge in [-0.1, -0.05) is 0 Å². The molecule has 2 N–H and O–H groups in total. The van der Waals surface area contributed by atoms with E-state index in [1.54, 1.807) is 0 Å². The zero-order valence-electron chi connectivity index (χ0n) is 8.58. The monoisotopic (exact) mass is 447 g/mol. The van der Waals surface area contributed by atoms with Gasteiger partial charge in [-0.25, -0.2) is 9.59 Å². The van der Waals surface area contributed by atoms with Crippen molar-refractivity contribution in [3.8, 4) is 0 Å². The molecule has 0 amide bonds. The molecule has 0 saturated carbocycles. The maximum atomic E-state index is 11.6. The van der Waals surface area contributed by atoms with Gasteiger partial charge in [0.1, 0.15) is 6.04 Å². The minimum Gasteiger partial charge on any atom is -0.480 e. The van der Waals surface area contributed by atoms with E-state index in [0.717, 1.165) is 10.6 Å². The van der Waals surface area contributed by atoms with Crippen molar-refractivity contribution >= 4 is 23.7 Å². The fraction of sp³-hybridized carbons (Fsp3) is 0.222. The molecule has 1 aromatic heterocycles. The quantitative estimate of drug-likeness (QED) is 0.633. The van der Waals surface area contributed by atoms with Crippen molar-refractivity contribution in [2.45, 2.75) is 11.1 Å². The van der Waals surface area contributed by atoms with Crippen LogP contribution in [-0.2, 0) is 43.8 Å². The summed E-state index contributed by atoms with van der Waals surface area (Å²) in [6.45, 7) is 0. The van der Waals surface area contributed by atoms with Crippen LogP contribution in [0.4, 0.5) is 0 Å². The normalized spacial score (nSPS) is 16.1. The Bertz CT molecular complexity index is 544. The fourth-order valence-corrected chi connectivity index (χ4v) is 2.70. The van der Waals surface area contributed by atoms with Gasteiger partial charge in [0.05, 0.1) is 10.6 Å². The molecule has 1 unspecified atom stereocenters. The Morgan fingerprint density at radius 2 is 1.89 bits per heavy atom. The van der Waals surface area contributed by atoms with E-state index in [1.807, 2.05) is 0 Å². The molecule has 1 atom stereocenters. The number of fused-ring (bicyclic) bond motifs is 1. The van der Waals surface area contributed by atoms with E-state index in [2.05, 4.69) is 0 Å². The minimum atomic E-state index is -1.19. The van der Waals surface area contributed by atoms with E-state index in [9.17, 15) is 14.4 Å². The van der Waals surface area contributed by atoms with Crippen LogP contribution in [0.1, 0.15) is 16.4 Å². The number of thioether (sulfide) groups is 1. The number of carboxylic acid groups (broad SMARTS) is 2.